The Kier molecular flexibility index (Phi) is 5.73. The SMILES string of the molecule is CC(C)N(CC(=O)O)C(=O)/C=C/c1ccc(N2CCCC2=O)cc1. The van der Waals surface area contributed by atoms with Crippen molar-refractivity contribution in [3.8, 4) is 0 Å². The summed E-state index contributed by atoms with van der Waals surface area (Å²) in [4.78, 5) is 37.7. The summed E-state index contributed by atoms with van der Waals surface area (Å²) in [5.74, 6) is -1.24. The molecule has 2 rings (SSSR count). The molecule has 1 heterocycles. The Morgan fingerprint density at radius 1 is 1.29 bits per heavy atom. The molecule has 0 radical (unpaired) electrons. The highest BCUT2D eigenvalue weighted by Gasteiger charge is 2.21. The molecule has 1 aliphatic rings. The Hall–Kier alpha value is -2.63. The van der Waals surface area contributed by atoms with E-state index in [2.05, 4.69) is 0 Å². The van der Waals surface area contributed by atoms with Crippen LogP contribution in [0.2, 0.25) is 0 Å². The van der Waals surface area contributed by atoms with Gasteiger partial charge in [-0.1, -0.05) is 12.1 Å². The number of carbonyl (C=O) groups is 3. The molecule has 128 valence electrons. The number of carboxylic acids is 1. The first-order valence-electron chi connectivity index (χ1n) is 7.99. The highest BCUT2D eigenvalue weighted by Crippen LogP contribution is 2.21. The molecular formula is C18H22N2O4. The van der Waals surface area contributed by atoms with Gasteiger partial charge in [0.05, 0.1) is 0 Å². The lowest BCUT2D eigenvalue weighted by molar-refractivity contribution is -0.143. The van der Waals surface area contributed by atoms with Crippen LogP contribution in [-0.2, 0) is 14.4 Å². The van der Waals surface area contributed by atoms with E-state index in [0.29, 0.717) is 6.42 Å². The van der Waals surface area contributed by atoms with Gasteiger partial charge < -0.3 is 14.9 Å². The van der Waals surface area contributed by atoms with E-state index in [9.17, 15) is 14.4 Å². The summed E-state index contributed by atoms with van der Waals surface area (Å²) in [5.41, 5.74) is 1.67. The van der Waals surface area contributed by atoms with E-state index in [0.717, 1.165) is 24.2 Å². The number of aliphatic carboxylic acids is 1. The van der Waals surface area contributed by atoms with Gasteiger partial charge in [-0.25, -0.2) is 0 Å². The van der Waals surface area contributed by atoms with Crippen LogP contribution in [0, 0.1) is 0 Å². The van der Waals surface area contributed by atoms with E-state index in [1.165, 1.54) is 11.0 Å². The third-order valence-electron chi connectivity index (χ3n) is 3.91. The van der Waals surface area contributed by atoms with Crippen LogP contribution in [0.1, 0.15) is 32.3 Å². The third-order valence-corrected chi connectivity index (χ3v) is 3.91. The Morgan fingerprint density at radius 3 is 2.46 bits per heavy atom. The number of nitrogens with zero attached hydrogens (tertiary/aromatic N) is 2. The van der Waals surface area contributed by atoms with Crippen LogP contribution in [-0.4, -0.2) is 46.9 Å². The predicted molar refractivity (Wildman–Crippen MR) is 91.5 cm³/mol. The second kappa shape index (κ2) is 7.77. The summed E-state index contributed by atoms with van der Waals surface area (Å²) in [6, 6.07) is 7.18. The maximum absolute atomic E-state index is 12.1. The molecule has 24 heavy (non-hydrogen) atoms. The van der Waals surface area contributed by atoms with Gasteiger partial charge in [-0.15, -0.1) is 0 Å². The molecule has 1 aliphatic heterocycles. The molecule has 6 nitrogen and oxygen atoms in total. The molecule has 1 N–H and O–H groups in total. The first-order chi connectivity index (χ1) is 11.4. The van der Waals surface area contributed by atoms with Gasteiger partial charge in [0.15, 0.2) is 0 Å². The quantitative estimate of drug-likeness (QED) is 0.811. The average Bonchev–Trinajstić information content (AvgIpc) is 2.96. The molecular weight excluding hydrogens is 308 g/mol. The molecule has 0 atom stereocenters. The molecule has 1 saturated heterocycles. The standard InChI is InChI=1S/C18H22N2O4/c1-13(2)20(12-18(23)24)17(22)10-7-14-5-8-15(9-6-14)19-11-3-4-16(19)21/h5-10,13H,3-4,11-12H2,1-2H3,(H,23,24)/b10-7+. The zero-order valence-corrected chi connectivity index (χ0v) is 13.9. The lowest BCUT2D eigenvalue weighted by Gasteiger charge is -2.23. The summed E-state index contributed by atoms with van der Waals surface area (Å²) in [5, 5.41) is 8.87. The molecule has 1 aromatic carbocycles. The lowest BCUT2D eigenvalue weighted by atomic mass is 10.1. The third kappa shape index (κ3) is 4.44. The van der Waals surface area contributed by atoms with Crippen molar-refractivity contribution in [3.63, 3.8) is 0 Å². The van der Waals surface area contributed by atoms with Gasteiger partial charge in [-0.2, -0.15) is 0 Å². The topological polar surface area (TPSA) is 77.9 Å². The van der Waals surface area contributed by atoms with Gasteiger partial charge in [0, 0.05) is 30.8 Å². The number of carbonyl (C=O) groups excluding carboxylic acids is 2. The molecule has 0 aromatic heterocycles. The molecule has 0 unspecified atom stereocenters. The lowest BCUT2D eigenvalue weighted by Crippen LogP contribution is -2.39. The van der Waals surface area contributed by atoms with Crippen LogP contribution in [0.25, 0.3) is 6.08 Å². The molecule has 0 aliphatic carbocycles. The van der Waals surface area contributed by atoms with Crippen molar-refractivity contribution in [1.29, 1.82) is 0 Å². The Balaban J connectivity index is 2.04. The van der Waals surface area contributed by atoms with E-state index in [-0.39, 0.29) is 24.4 Å². The molecule has 6 heteroatoms. The van der Waals surface area contributed by atoms with Crippen molar-refractivity contribution in [2.45, 2.75) is 32.7 Å². The molecule has 0 bridgehead atoms. The number of amides is 2. The van der Waals surface area contributed by atoms with Crippen molar-refractivity contribution < 1.29 is 19.5 Å². The second-order valence-electron chi connectivity index (χ2n) is 6.03. The fourth-order valence-electron chi connectivity index (χ4n) is 2.61. The van der Waals surface area contributed by atoms with Crippen LogP contribution >= 0.6 is 0 Å². The maximum Gasteiger partial charge on any atom is 0.323 e. The summed E-state index contributed by atoms with van der Waals surface area (Å²) in [6.07, 6.45) is 4.49. The van der Waals surface area contributed by atoms with Crippen molar-refractivity contribution >= 4 is 29.5 Å². The normalized spacial score (nSPS) is 14.6. The van der Waals surface area contributed by atoms with Gasteiger partial charge in [-0.05, 0) is 44.0 Å². The van der Waals surface area contributed by atoms with Gasteiger partial charge in [0.2, 0.25) is 11.8 Å². The number of benzene rings is 1. The largest absolute Gasteiger partial charge is 0.480 e. The number of rotatable bonds is 6. The van der Waals surface area contributed by atoms with Crippen LogP contribution in [0.3, 0.4) is 0 Å². The van der Waals surface area contributed by atoms with Crippen LogP contribution in [0.15, 0.2) is 30.3 Å². The van der Waals surface area contributed by atoms with Gasteiger partial charge >= 0.3 is 5.97 Å². The highest BCUT2D eigenvalue weighted by molar-refractivity contribution is 5.96. The summed E-state index contributed by atoms with van der Waals surface area (Å²) in [7, 11) is 0. The Morgan fingerprint density at radius 2 is 1.96 bits per heavy atom. The Bertz CT molecular complexity index is 649. The van der Waals surface area contributed by atoms with E-state index in [1.807, 2.05) is 24.3 Å². The molecule has 0 spiro atoms. The monoisotopic (exact) mass is 330 g/mol. The molecule has 2 amide bonds. The zero-order chi connectivity index (χ0) is 17.7. The predicted octanol–water partition coefficient (Wildman–Crippen LogP) is 2.15. The fraction of sp³-hybridized carbons (Fsp3) is 0.389. The number of anilines is 1. The minimum absolute atomic E-state index is 0.134. The first kappa shape index (κ1) is 17.7. The first-order valence-corrected chi connectivity index (χ1v) is 7.99. The number of hydrogen-bond donors (Lipinski definition) is 1. The van der Waals surface area contributed by atoms with Crippen LogP contribution < -0.4 is 4.90 Å². The molecule has 0 saturated carbocycles. The van der Waals surface area contributed by atoms with E-state index >= 15 is 0 Å². The second-order valence-corrected chi connectivity index (χ2v) is 6.03. The minimum Gasteiger partial charge on any atom is -0.480 e. The number of carboxylic acid groups (broad SMARTS) is 1. The van der Waals surface area contributed by atoms with Gasteiger partial charge in [0.25, 0.3) is 0 Å². The molecule has 1 aromatic rings. The van der Waals surface area contributed by atoms with E-state index < -0.39 is 5.97 Å². The average molecular weight is 330 g/mol. The van der Waals surface area contributed by atoms with E-state index in [4.69, 9.17) is 5.11 Å². The van der Waals surface area contributed by atoms with Crippen molar-refractivity contribution in [1.82, 2.24) is 4.90 Å². The molecule has 1 fully saturated rings. The van der Waals surface area contributed by atoms with Gasteiger partial charge in [0.1, 0.15) is 6.54 Å². The summed E-state index contributed by atoms with van der Waals surface area (Å²) < 4.78 is 0. The van der Waals surface area contributed by atoms with Crippen molar-refractivity contribution in [2.75, 3.05) is 18.0 Å². The van der Waals surface area contributed by atoms with Gasteiger partial charge in [-0.3, -0.25) is 14.4 Å². The number of hydrogen-bond acceptors (Lipinski definition) is 3. The maximum atomic E-state index is 12.1. The summed E-state index contributed by atoms with van der Waals surface area (Å²) in [6.45, 7) is 3.97. The zero-order valence-electron chi connectivity index (χ0n) is 13.9. The van der Waals surface area contributed by atoms with E-state index in [1.54, 1.807) is 24.8 Å². The smallest absolute Gasteiger partial charge is 0.323 e. The van der Waals surface area contributed by atoms with Crippen LogP contribution in [0.5, 0.6) is 0 Å². The van der Waals surface area contributed by atoms with Crippen molar-refractivity contribution in [2.24, 2.45) is 0 Å². The van der Waals surface area contributed by atoms with Crippen molar-refractivity contribution in [3.05, 3.63) is 35.9 Å². The Labute approximate surface area is 141 Å². The highest BCUT2D eigenvalue weighted by atomic mass is 16.4. The van der Waals surface area contributed by atoms with Crippen LogP contribution in [0.4, 0.5) is 5.69 Å². The summed E-state index contributed by atoms with van der Waals surface area (Å²) >= 11 is 0. The minimum atomic E-state index is -1.04. The fourth-order valence-corrected chi connectivity index (χ4v) is 2.61.